The second kappa shape index (κ2) is 5.41. The summed E-state index contributed by atoms with van der Waals surface area (Å²) in [5.74, 6) is 0. The van der Waals surface area contributed by atoms with E-state index in [9.17, 15) is 0 Å². The molecule has 94 valence electrons. The van der Waals surface area contributed by atoms with Gasteiger partial charge in [-0.1, -0.05) is 12.2 Å². The van der Waals surface area contributed by atoms with Crippen LogP contribution in [0.1, 0.15) is 29.2 Å². The van der Waals surface area contributed by atoms with E-state index < -0.39 is 0 Å². The Morgan fingerprint density at radius 1 is 1.56 bits per heavy atom. The number of nitrogens with zero attached hydrogens (tertiary/aromatic N) is 2. The number of aryl methyl sites for hydroxylation is 1. The third kappa shape index (κ3) is 2.83. The highest BCUT2D eigenvalue weighted by molar-refractivity contribution is 7.80. The number of hydrogen-bond acceptors (Lipinski definition) is 5. The molecule has 1 unspecified atom stereocenters. The van der Waals surface area contributed by atoms with Gasteiger partial charge in [-0.15, -0.1) is 11.3 Å². The van der Waals surface area contributed by atoms with Gasteiger partial charge >= 0.3 is 0 Å². The average Bonchev–Trinajstić information content (AvgIpc) is 2.76. The molecule has 0 fully saturated rings. The summed E-state index contributed by atoms with van der Waals surface area (Å²) in [6.45, 7) is 4.03. The Morgan fingerprint density at radius 2 is 2.33 bits per heavy atom. The van der Waals surface area contributed by atoms with Crippen molar-refractivity contribution in [2.24, 2.45) is 5.73 Å². The van der Waals surface area contributed by atoms with Gasteiger partial charge in [0.15, 0.2) is 0 Å². The molecule has 2 rings (SSSR count). The van der Waals surface area contributed by atoms with E-state index in [0.29, 0.717) is 4.99 Å². The largest absolute Gasteiger partial charge is 0.389 e. The van der Waals surface area contributed by atoms with Gasteiger partial charge in [-0.05, 0) is 19.9 Å². The van der Waals surface area contributed by atoms with Crippen molar-refractivity contribution in [2.75, 3.05) is 5.32 Å². The molecule has 2 heterocycles. The Morgan fingerprint density at radius 3 is 2.94 bits per heavy atom. The van der Waals surface area contributed by atoms with Gasteiger partial charge in [0.1, 0.15) is 10.00 Å². The Hall–Kier alpha value is -1.53. The molecule has 0 aromatic carbocycles. The summed E-state index contributed by atoms with van der Waals surface area (Å²) in [6, 6.07) is 1.91. The minimum absolute atomic E-state index is 0.0981. The fourth-order valence-corrected chi connectivity index (χ4v) is 2.57. The molecule has 4 nitrogen and oxygen atoms in total. The molecule has 0 saturated carbocycles. The van der Waals surface area contributed by atoms with Crippen molar-refractivity contribution < 1.29 is 0 Å². The van der Waals surface area contributed by atoms with Gasteiger partial charge in [-0.2, -0.15) is 0 Å². The molecule has 0 aliphatic rings. The van der Waals surface area contributed by atoms with Crippen LogP contribution >= 0.6 is 23.6 Å². The van der Waals surface area contributed by atoms with Crippen LogP contribution in [0.25, 0.3) is 0 Å². The Bertz CT molecular complexity index is 565. The minimum atomic E-state index is 0.0981. The number of thiocarbonyl (C=S) groups is 1. The van der Waals surface area contributed by atoms with Crippen molar-refractivity contribution in [1.82, 2.24) is 9.97 Å². The van der Waals surface area contributed by atoms with Crippen LogP contribution < -0.4 is 11.1 Å². The molecule has 0 radical (unpaired) electrons. The van der Waals surface area contributed by atoms with Gasteiger partial charge in [0.05, 0.1) is 17.9 Å². The number of hydrogen-bond donors (Lipinski definition) is 2. The van der Waals surface area contributed by atoms with Crippen molar-refractivity contribution in [3.8, 4) is 0 Å². The predicted octanol–water partition coefficient (Wildman–Crippen LogP) is 2.65. The van der Waals surface area contributed by atoms with Gasteiger partial charge in [0.25, 0.3) is 0 Å². The Kier molecular flexibility index (Phi) is 3.88. The van der Waals surface area contributed by atoms with E-state index in [0.717, 1.165) is 22.0 Å². The quantitative estimate of drug-likeness (QED) is 0.842. The Labute approximate surface area is 115 Å². The summed E-state index contributed by atoms with van der Waals surface area (Å²) in [4.78, 5) is 8.90. The normalized spacial score (nSPS) is 12.1. The van der Waals surface area contributed by atoms with Crippen molar-refractivity contribution in [1.29, 1.82) is 0 Å². The number of nitrogens with two attached hydrogens (primary N) is 1. The maximum Gasteiger partial charge on any atom is 0.115 e. The van der Waals surface area contributed by atoms with Crippen LogP contribution in [0.5, 0.6) is 0 Å². The monoisotopic (exact) mass is 278 g/mol. The van der Waals surface area contributed by atoms with Crippen molar-refractivity contribution in [3.05, 3.63) is 40.1 Å². The molecule has 6 heteroatoms. The van der Waals surface area contributed by atoms with Gasteiger partial charge in [-0.25, -0.2) is 4.98 Å². The zero-order chi connectivity index (χ0) is 13.1. The summed E-state index contributed by atoms with van der Waals surface area (Å²) in [5.41, 5.74) is 8.36. The first kappa shape index (κ1) is 12.9. The maximum atomic E-state index is 5.68. The molecule has 1 atom stereocenters. The second-order valence-corrected chi connectivity index (χ2v) is 5.31. The highest BCUT2D eigenvalue weighted by Crippen LogP contribution is 2.23. The molecule has 0 bridgehead atoms. The molecular weight excluding hydrogens is 264 g/mol. The summed E-state index contributed by atoms with van der Waals surface area (Å²) in [6.07, 6.45) is 3.41. The van der Waals surface area contributed by atoms with Crippen LogP contribution in [-0.4, -0.2) is 15.0 Å². The molecule has 0 aliphatic heterocycles. The van der Waals surface area contributed by atoms with E-state index in [1.54, 1.807) is 23.7 Å². The topological polar surface area (TPSA) is 63.8 Å². The van der Waals surface area contributed by atoms with Crippen LogP contribution in [0.4, 0.5) is 5.69 Å². The molecule has 3 N–H and O–H groups in total. The van der Waals surface area contributed by atoms with Gasteiger partial charge < -0.3 is 11.1 Å². The van der Waals surface area contributed by atoms with E-state index >= 15 is 0 Å². The molecule has 0 aliphatic carbocycles. The summed E-state index contributed by atoms with van der Waals surface area (Å²) < 4.78 is 0. The molecule has 0 spiro atoms. The SMILES string of the molecule is Cc1csc(C(C)Nc2cnccc2C(N)=S)n1. The predicted molar refractivity (Wildman–Crippen MR) is 79.0 cm³/mol. The first-order valence-electron chi connectivity index (χ1n) is 5.50. The molecule has 2 aromatic heterocycles. The number of rotatable bonds is 4. The zero-order valence-electron chi connectivity index (χ0n) is 10.2. The maximum absolute atomic E-state index is 5.68. The third-order valence-electron chi connectivity index (χ3n) is 2.47. The summed E-state index contributed by atoms with van der Waals surface area (Å²) >= 11 is 6.65. The fraction of sp³-hybridized carbons (Fsp3) is 0.250. The lowest BCUT2D eigenvalue weighted by Gasteiger charge is -2.15. The highest BCUT2D eigenvalue weighted by atomic mass is 32.1. The van der Waals surface area contributed by atoms with Crippen LogP contribution in [0, 0.1) is 6.92 Å². The number of nitrogens with one attached hydrogen (secondary N) is 1. The number of pyridine rings is 1. The number of thiazole rings is 1. The van der Waals surface area contributed by atoms with Crippen LogP contribution in [-0.2, 0) is 0 Å². The van der Waals surface area contributed by atoms with Gasteiger partial charge in [0, 0.05) is 22.8 Å². The van der Waals surface area contributed by atoms with Crippen LogP contribution in [0.3, 0.4) is 0 Å². The van der Waals surface area contributed by atoms with E-state index in [4.69, 9.17) is 18.0 Å². The molecule has 18 heavy (non-hydrogen) atoms. The van der Waals surface area contributed by atoms with Crippen molar-refractivity contribution >= 4 is 34.2 Å². The number of aromatic nitrogens is 2. The lowest BCUT2D eigenvalue weighted by atomic mass is 10.2. The van der Waals surface area contributed by atoms with E-state index in [2.05, 4.69) is 22.2 Å². The molecular formula is C12H14N4S2. The zero-order valence-corrected chi connectivity index (χ0v) is 11.8. The number of anilines is 1. The van der Waals surface area contributed by atoms with E-state index in [1.807, 2.05) is 18.4 Å². The Balaban J connectivity index is 2.21. The standard InChI is InChI=1S/C12H14N4S2/c1-7-6-18-12(15-7)8(2)16-10-5-14-4-3-9(10)11(13)17/h3-6,8,16H,1-2H3,(H2,13,17). The van der Waals surface area contributed by atoms with E-state index in [1.165, 1.54) is 0 Å². The molecule has 0 saturated heterocycles. The van der Waals surface area contributed by atoms with E-state index in [-0.39, 0.29) is 6.04 Å². The van der Waals surface area contributed by atoms with Gasteiger partial charge in [0.2, 0.25) is 0 Å². The summed E-state index contributed by atoms with van der Waals surface area (Å²) in [5, 5.41) is 6.40. The lowest BCUT2D eigenvalue weighted by Crippen LogP contribution is -2.15. The molecule has 2 aromatic rings. The fourth-order valence-electron chi connectivity index (χ4n) is 1.59. The first-order chi connectivity index (χ1) is 8.58. The average molecular weight is 278 g/mol. The van der Waals surface area contributed by atoms with Gasteiger partial charge in [-0.3, -0.25) is 4.98 Å². The smallest absolute Gasteiger partial charge is 0.115 e. The van der Waals surface area contributed by atoms with Crippen molar-refractivity contribution in [3.63, 3.8) is 0 Å². The second-order valence-electron chi connectivity index (χ2n) is 3.98. The lowest BCUT2D eigenvalue weighted by molar-refractivity contribution is 0.862. The third-order valence-corrected chi connectivity index (χ3v) is 3.83. The minimum Gasteiger partial charge on any atom is -0.389 e. The first-order valence-corrected chi connectivity index (χ1v) is 6.79. The highest BCUT2D eigenvalue weighted by Gasteiger charge is 2.12. The van der Waals surface area contributed by atoms with Crippen LogP contribution in [0.15, 0.2) is 23.8 Å². The van der Waals surface area contributed by atoms with Crippen molar-refractivity contribution in [2.45, 2.75) is 19.9 Å². The molecule has 0 amide bonds. The van der Waals surface area contributed by atoms with Crippen LogP contribution in [0.2, 0.25) is 0 Å². The summed E-state index contributed by atoms with van der Waals surface area (Å²) in [7, 11) is 0.